The average Bonchev–Trinajstić information content (AvgIpc) is 2.35. The Morgan fingerprint density at radius 2 is 2.05 bits per heavy atom. The van der Waals surface area contributed by atoms with Gasteiger partial charge >= 0.3 is 51.4 Å². The van der Waals surface area contributed by atoms with E-state index in [1.165, 1.54) is 0 Å². The smallest absolute Gasteiger partial charge is 0.735 e. The van der Waals surface area contributed by atoms with Gasteiger partial charge in [0.25, 0.3) is 0 Å². The Labute approximate surface area is 162 Å². The molecule has 0 aromatic heterocycles. The van der Waals surface area contributed by atoms with Gasteiger partial charge in [0.05, 0.1) is 32.5 Å². The Hall–Kier alpha value is 1.35. The van der Waals surface area contributed by atoms with Gasteiger partial charge in [0, 0.05) is 33.2 Å². The van der Waals surface area contributed by atoms with Crippen LogP contribution in [-0.2, 0) is 19.8 Å². The first-order valence-corrected chi connectivity index (χ1v) is 7.49. The molecule has 1 rings (SSSR count). The number of aliphatic hydroxyl groups is 1. The Balaban J connectivity index is 0.00000361. The fourth-order valence-electron chi connectivity index (χ4n) is 1.68. The Kier molecular flexibility index (Phi) is 11.7. The molecule has 8 nitrogen and oxygen atoms in total. The molecule has 1 atom stereocenters. The van der Waals surface area contributed by atoms with Crippen LogP contribution in [0.15, 0.2) is 0 Å². The second-order valence-corrected chi connectivity index (χ2v) is 5.90. The predicted molar refractivity (Wildman–Crippen MR) is 66.4 cm³/mol. The number of nitrogens with zero attached hydrogens (tertiary/aromatic N) is 2. The predicted octanol–water partition coefficient (Wildman–Crippen LogP) is -4.91. The summed E-state index contributed by atoms with van der Waals surface area (Å²) in [6.45, 7) is 4.10. The Bertz CT molecular complexity index is 350. The molecule has 10 heteroatoms. The Morgan fingerprint density at radius 3 is 2.60 bits per heavy atom. The molecule has 1 unspecified atom stereocenters. The molecule has 1 heterocycles. The molecule has 1 aliphatic rings. The van der Waals surface area contributed by atoms with Crippen molar-refractivity contribution in [2.45, 2.75) is 6.10 Å². The van der Waals surface area contributed by atoms with Gasteiger partial charge in [0.15, 0.2) is 10.3 Å². The zero-order valence-electron chi connectivity index (χ0n) is 12.0. The summed E-state index contributed by atoms with van der Waals surface area (Å²) in [4.78, 5) is 2.18. The molecule has 0 amide bonds. The largest absolute Gasteiger partial charge is 1.00 e. The molecule has 0 aromatic carbocycles. The van der Waals surface area contributed by atoms with E-state index in [1.807, 2.05) is 0 Å². The van der Waals surface area contributed by atoms with Gasteiger partial charge in [-0.1, -0.05) is 0 Å². The second kappa shape index (κ2) is 11.0. The summed E-state index contributed by atoms with van der Waals surface area (Å²) in [5.41, 5.74) is 0. The van der Waals surface area contributed by atoms with Crippen LogP contribution in [0.4, 0.5) is 0 Å². The number of likely N-dealkylation sites (N-methyl/N-ethyl adjacent to an activating group) is 1. The molecule has 0 radical (unpaired) electrons. The van der Waals surface area contributed by atoms with E-state index in [0.29, 0.717) is 10.9 Å². The van der Waals surface area contributed by atoms with Gasteiger partial charge in [-0.2, -0.15) is 0 Å². The van der Waals surface area contributed by atoms with Gasteiger partial charge in [0.2, 0.25) is 0 Å². The number of hydrogen-bond donors (Lipinski definition) is 1. The van der Waals surface area contributed by atoms with Crippen LogP contribution in [0.2, 0.25) is 0 Å². The zero-order chi connectivity index (χ0) is 14.3. The third-order valence-electron chi connectivity index (χ3n) is 2.82. The first-order valence-electron chi connectivity index (χ1n) is 6.12. The van der Waals surface area contributed by atoms with Crippen LogP contribution >= 0.6 is 0 Å². The summed E-state index contributed by atoms with van der Waals surface area (Å²) >= 11 is 0. The van der Waals surface area contributed by atoms with E-state index in [1.54, 1.807) is 0 Å². The third kappa shape index (κ3) is 9.38. The van der Waals surface area contributed by atoms with Crippen LogP contribution in [0.1, 0.15) is 0 Å². The van der Waals surface area contributed by atoms with Crippen molar-refractivity contribution in [2.75, 3.05) is 59.7 Å². The minimum absolute atomic E-state index is 0. The van der Waals surface area contributed by atoms with Gasteiger partial charge < -0.3 is 19.1 Å². The number of ether oxygens (including phenoxy) is 2. The maximum Gasteiger partial charge on any atom is 1.00 e. The minimum atomic E-state index is -4.50. The summed E-state index contributed by atoms with van der Waals surface area (Å²) in [5, 5.41) is 9.52. The van der Waals surface area contributed by atoms with E-state index in [4.69, 9.17) is 9.47 Å². The zero-order valence-corrected chi connectivity index (χ0v) is 16.0. The average molecular weight is 336 g/mol. The third-order valence-corrected chi connectivity index (χ3v) is 3.73. The minimum Gasteiger partial charge on any atom is -0.735 e. The Morgan fingerprint density at radius 1 is 1.45 bits per heavy atom. The van der Waals surface area contributed by atoms with Crippen molar-refractivity contribution in [1.29, 1.82) is 0 Å². The molecule has 0 saturated carbocycles. The SMILES string of the molecule is CN(CC(O)COCCN1CCOCC1)S(=O)(=O)[O-].[K+]. The fraction of sp³-hybridized carbons (Fsp3) is 1.00. The van der Waals surface area contributed by atoms with E-state index in [2.05, 4.69) is 4.90 Å². The second-order valence-electron chi connectivity index (χ2n) is 4.42. The first-order chi connectivity index (χ1) is 8.89. The molecule has 1 aliphatic heterocycles. The molecule has 1 saturated heterocycles. The quantitative estimate of drug-likeness (QED) is 0.269. The van der Waals surface area contributed by atoms with Crippen LogP contribution in [0.5, 0.6) is 0 Å². The van der Waals surface area contributed by atoms with E-state index in [0.717, 1.165) is 39.9 Å². The van der Waals surface area contributed by atoms with Crippen molar-refractivity contribution in [1.82, 2.24) is 9.21 Å². The number of aliphatic hydroxyl groups excluding tert-OH is 1. The van der Waals surface area contributed by atoms with Gasteiger partial charge in [0.1, 0.15) is 0 Å². The van der Waals surface area contributed by atoms with Gasteiger partial charge in [-0.3, -0.25) is 4.90 Å². The van der Waals surface area contributed by atoms with Crippen molar-refractivity contribution >= 4 is 10.3 Å². The van der Waals surface area contributed by atoms with E-state index in [9.17, 15) is 18.1 Å². The summed E-state index contributed by atoms with van der Waals surface area (Å²) in [7, 11) is -3.38. The monoisotopic (exact) mass is 336 g/mol. The number of morpholine rings is 1. The molecule has 1 fully saturated rings. The van der Waals surface area contributed by atoms with Gasteiger partial charge in [-0.05, 0) is 0 Å². The van der Waals surface area contributed by atoms with Crippen LogP contribution in [0, 0.1) is 0 Å². The van der Waals surface area contributed by atoms with Gasteiger partial charge in [-0.15, -0.1) is 0 Å². The van der Waals surface area contributed by atoms with Crippen LogP contribution in [0.25, 0.3) is 0 Å². The summed E-state index contributed by atoms with van der Waals surface area (Å²) < 4.78 is 42.8. The maximum atomic E-state index is 10.6. The van der Waals surface area contributed by atoms with Crippen LogP contribution < -0.4 is 51.4 Å². The van der Waals surface area contributed by atoms with Crippen molar-refractivity contribution in [3.63, 3.8) is 0 Å². The molecule has 114 valence electrons. The van der Waals surface area contributed by atoms with Crippen molar-refractivity contribution in [3.8, 4) is 0 Å². The van der Waals surface area contributed by atoms with Crippen LogP contribution in [-0.4, -0.2) is 93.0 Å². The maximum absolute atomic E-state index is 10.6. The number of hydrogen-bond acceptors (Lipinski definition) is 7. The van der Waals surface area contributed by atoms with E-state index >= 15 is 0 Å². The van der Waals surface area contributed by atoms with E-state index < -0.39 is 16.4 Å². The van der Waals surface area contributed by atoms with E-state index in [-0.39, 0.29) is 64.5 Å². The van der Waals surface area contributed by atoms with Crippen LogP contribution in [0.3, 0.4) is 0 Å². The van der Waals surface area contributed by atoms with Crippen molar-refractivity contribution in [3.05, 3.63) is 0 Å². The molecule has 0 aliphatic carbocycles. The normalized spacial score (nSPS) is 18.8. The molecule has 1 N–H and O–H groups in total. The summed E-state index contributed by atoms with van der Waals surface area (Å²) in [6.07, 6.45) is -1.00. The molecule has 0 bridgehead atoms. The topological polar surface area (TPSA) is 102 Å². The molecular weight excluding hydrogens is 315 g/mol. The molecule has 20 heavy (non-hydrogen) atoms. The number of rotatable bonds is 8. The molecule has 0 aromatic rings. The van der Waals surface area contributed by atoms with Gasteiger partial charge in [-0.25, -0.2) is 12.7 Å². The summed E-state index contributed by atoms with van der Waals surface area (Å²) in [6, 6.07) is 0. The van der Waals surface area contributed by atoms with Crippen molar-refractivity contribution in [2.24, 2.45) is 0 Å². The standard InChI is InChI=1S/C10H22N2O6S.K/c1-11(19(14,15)16)8-10(13)9-18-7-4-12-2-5-17-6-3-12;/h10,13H,2-9H2,1H3,(H,14,15,16);/q;+1/p-1. The molecular formula is C10H21KN2O6S. The van der Waals surface area contributed by atoms with Crippen molar-refractivity contribution < 1.29 is 78.9 Å². The fourth-order valence-corrected chi connectivity index (χ4v) is 2.03. The first kappa shape index (κ1) is 21.3. The summed E-state index contributed by atoms with van der Waals surface area (Å²) in [5.74, 6) is 0. The molecule has 0 spiro atoms.